The molecule has 0 aliphatic carbocycles. The first-order chi connectivity index (χ1) is 15.6. The maximum atomic E-state index is 15.0. The quantitative estimate of drug-likeness (QED) is 0.440. The number of amides is 1. The van der Waals surface area contributed by atoms with Crippen molar-refractivity contribution in [1.29, 1.82) is 0 Å². The molecule has 0 aliphatic heterocycles. The van der Waals surface area contributed by atoms with Gasteiger partial charge >= 0.3 is 11.7 Å². The van der Waals surface area contributed by atoms with E-state index in [1.807, 2.05) is 4.72 Å². The summed E-state index contributed by atoms with van der Waals surface area (Å²) in [6.45, 7) is -0.0397. The molecule has 0 atom stereocenters. The fourth-order valence-electron chi connectivity index (χ4n) is 3.13. The van der Waals surface area contributed by atoms with Gasteiger partial charge in [-0.2, -0.15) is 8.42 Å². The summed E-state index contributed by atoms with van der Waals surface area (Å²) in [5.41, 5.74) is 5.70. The second-order valence-electron chi connectivity index (χ2n) is 7.24. The fraction of sp³-hybridized carbons (Fsp3) is 0.238. The van der Waals surface area contributed by atoms with Crippen LogP contribution in [-0.2, 0) is 23.2 Å². The summed E-state index contributed by atoms with van der Waals surface area (Å²) < 4.78 is 53.1. The van der Waals surface area contributed by atoms with Gasteiger partial charge in [0.25, 0.3) is 10.2 Å². The number of hydrogen-bond donors (Lipinski definition) is 3. The van der Waals surface area contributed by atoms with Crippen molar-refractivity contribution in [1.82, 2.24) is 9.62 Å². The number of ether oxygens (including phenoxy) is 1. The molecule has 0 saturated carbocycles. The lowest BCUT2D eigenvalue weighted by Crippen LogP contribution is -2.27. The molecule has 176 valence electrons. The Morgan fingerprint density at radius 3 is 2.58 bits per heavy atom. The molecule has 0 spiro atoms. The Morgan fingerprint density at radius 2 is 1.94 bits per heavy atom. The Hall–Kier alpha value is -3.48. The van der Waals surface area contributed by atoms with E-state index in [9.17, 15) is 22.4 Å². The molecule has 4 N–H and O–H groups in total. The number of halogens is 1. The van der Waals surface area contributed by atoms with Gasteiger partial charge in [0.1, 0.15) is 11.3 Å². The van der Waals surface area contributed by atoms with Gasteiger partial charge in [-0.1, -0.05) is 12.1 Å². The van der Waals surface area contributed by atoms with Crippen molar-refractivity contribution in [3.63, 3.8) is 0 Å². The van der Waals surface area contributed by atoms with Crippen LogP contribution in [-0.4, -0.2) is 40.6 Å². The van der Waals surface area contributed by atoms with Crippen LogP contribution in [0.5, 0.6) is 5.75 Å². The first-order valence-corrected chi connectivity index (χ1v) is 11.2. The van der Waals surface area contributed by atoms with Crippen molar-refractivity contribution < 1.29 is 26.8 Å². The maximum Gasteiger partial charge on any atom is 0.414 e. The summed E-state index contributed by atoms with van der Waals surface area (Å²) in [6.07, 6.45) is -0.778. The summed E-state index contributed by atoms with van der Waals surface area (Å²) in [7, 11) is 0.309. The van der Waals surface area contributed by atoms with Gasteiger partial charge in [0.05, 0.1) is 5.69 Å². The van der Waals surface area contributed by atoms with Crippen molar-refractivity contribution in [3.8, 4) is 5.75 Å². The molecule has 0 unspecified atom stereocenters. The highest BCUT2D eigenvalue weighted by Crippen LogP contribution is 2.27. The largest absolute Gasteiger partial charge is 0.422 e. The molecule has 0 bridgehead atoms. The molecule has 12 heteroatoms. The highest BCUT2D eigenvalue weighted by atomic mass is 32.2. The van der Waals surface area contributed by atoms with Crippen LogP contribution in [0.4, 0.5) is 14.9 Å². The van der Waals surface area contributed by atoms with Crippen LogP contribution in [0.3, 0.4) is 0 Å². The van der Waals surface area contributed by atoms with Crippen molar-refractivity contribution in [3.05, 3.63) is 69.3 Å². The standard InChI is InChI=1S/C21H23FN4O6S/c1-24-33(29,30)25-17-6-4-5-12(19(17)22)9-15-16(11-23)14-8-7-13(31-21(28)26(2)3)10-18(14)32-20(15)27/h4-8,10,24-25H,9,11,23H2,1-3H3. The average molecular weight is 479 g/mol. The Labute approximate surface area is 189 Å². The minimum Gasteiger partial charge on any atom is -0.422 e. The second kappa shape index (κ2) is 9.57. The summed E-state index contributed by atoms with van der Waals surface area (Å²) in [5.74, 6) is -0.652. The van der Waals surface area contributed by atoms with Crippen LogP contribution in [0.15, 0.2) is 45.6 Å². The van der Waals surface area contributed by atoms with Crippen LogP contribution >= 0.6 is 0 Å². The minimum absolute atomic E-state index is 0.0397. The van der Waals surface area contributed by atoms with Crippen molar-refractivity contribution in [2.45, 2.75) is 13.0 Å². The van der Waals surface area contributed by atoms with Gasteiger partial charge in [-0.25, -0.2) is 18.7 Å². The van der Waals surface area contributed by atoms with Gasteiger partial charge in [-0.15, -0.1) is 0 Å². The van der Waals surface area contributed by atoms with E-state index in [0.29, 0.717) is 10.9 Å². The SMILES string of the molecule is CNS(=O)(=O)Nc1cccc(Cc2c(CN)c3ccc(OC(=O)N(C)C)cc3oc2=O)c1F. The van der Waals surface area contributed by atoms with Crippen LogP contribution in [0.25, 0.3) is 11.0 Å². The predicted octanol–water partition coefficient (Wildman–Crippen LogP) is 1.92. The van der Waals surface area contributed by atoms with E-state index in [-0.39, 0.29) is 41.1 Å². The number of anilines is 1. The molecule has 2 aromatic carbocycles. The number of carbonyl (C=O) groups excluding carboxylic acids is 1. The third-order valence-electron chi connectivity index (χ3n) is 4.82. The first-order valence-electron chi connectivity index (χ1n) is 9.72. The van der Waals surface area contributed by atoms with Gasteiger partial charge in [0.2, 0.25) is 0 Å². The molecule has 1 amide bonds. The summed E-state index contributed by atoms with van der Waals surface area (Å²) >= 11 is 0. The number of benzene rings is 2. The van der Waals surface area contributed by atoms with Gasteiger partial charge in [0.15, 0.2) is 5.82 Å². The lowest BCUT2D eigenvalue weighted by molar-refractivity contribution is 0.172. The van der Waals surface area contributed by atoms with Crippen molar-refractivity contribution >= 4 is 33.0 Å². The number of nitrogens with zero attached hydrogens (tertiary/aromatic N) is 1. The number of nitrogens with one attached hydrogen (secondary N) is 2. The predicted molar refractivity (Wildman–Crippen MR) is 121 cm³/mol. The summed E-state index contributed by atoms with van der Waals surface area (Å²) in [5, 5.41) is 0.504. The average Bonchev–Trinajstić information content (AvgIpc) is 2.76. The Kier molecular flexibility index (Phi) is 7.01. The molecule has 0 aliphatic rings. The zero-order chi connectivity index (χ0) is 24.3. The van der Waals surface area contributed by atoms with Gasteiger partial charge in [-0.05, 0) is 29.3 Å². The van der Waals surface area contributed by atoms with Crippen molar-refractivity contribution in [2.24, 2.45) is 5.73 Å². The van der Waals surface area contributed by atoms with E-state index < -0.39 is 27.7 Å². The molecule has 10 nitrogen and oxygen atoms in total. The summed E-state index contributed by atoms with van der Waals surface area (Å²) in [4.78, 5) is 25.8. The van der Waals surface area contributed by atoms with Gasteiger partial charge in [0, 0.05) is 51.1 Å². The topological polar surface area (TPSA) is 144 Å². The van der Waals surface area contributed by atoms with Crippen LogP contribution < -0.4 is 25.5 Å². The van der Waals surface area contributed by atoms with E-state index in [1.54, 1.807) is 6.07 Å². The molecule has 0 saturated heterocycles. The van der Waals surface area contributed by atoms with E-state index >= 15 is 0 Å². The van der Waals surface area contributed by atoms with Crippen molar-refractivity contribution in [2.75, 3.05) is 25.9 Å². The fourth-order valence-corrected chi connectivity index (χ4v) is 3.68. The first kappa shape index (κ1) is 24.2. The van der Waals surface area contributed by atoms with Gasteiger partial charge in [-0.3, -0.25) is 4.72 Å². The second-order valence-corrected chi connectivity index (χ2v) is 8.86. The Morgan fingerprint density at radius 1 is 1.21 bits per heavy atom. The third kappa shape index (κ3) is 5.30. The highest BCUT2D eigenvalue weighted by molar-refractivity contribution is 7.90. The van der Waals surface area contributed by atoms with Gasteiger partial charge < -0.3 is 19.8 Å². The molecule has 3 rings (SSSR count). The van der Waals surface area contributed by atoms with E-state index in [0.717, 1.165) is 0 Å². The van der Waals surface area contributed by atoms with E-state index in [1.165, 1.54) is 56.4 Å². The van der Waals surface area contributed by atoms with Crippen LogP contribution in [0.2, 0.25) is 0 Å². The zero-order valence-electron chi connectivity index (χ0n) is 18.1. The Bertz CT molecular complexity index is 1370. The minimum atomic E-state index is -3.93. The molecular formula is C21H23FN4O6S. The summed E-state index contributed by atoms with van der Waals surface area (Å²) in [6, 6.07) is 8.67. The smallest absolute Gasteiger partial charge is 0.414 e. The maximum absolute atomic E-state index is 15.0. The van der Waals surface area contributed by atoms with E-state index in [4.69, 9.17) is 14.9 Å². The number of nitrogens with two attached hydrogens (primary N) is 1. The highest BCUT2D eigenvalue weighted by Gasteiger charge is 2.19. The molecule has 0 radical (unpaired) electrons. The third-order valence-corrected chi connectivity index (χ3v) is 5.85. The number of hydrogen-bond acceptors (Lipinski definition) is 7. The molecule has 1 aromatic heterocycles. The van der Waals surface area contributed by atoms with Crippen LogP contribution in [0, 0.1) is 5.82 Å². The normalized spacial score (nSPS) is 11.4. The number of fused-ring (bicyclic) bond motifs is 1. The zero-order valence-corrected chi connectivity index (χ0v) is 19.0. The molecule has 33 heavy (non-hydrogen) atoms. The molecule has 0 fully saturated rings. The monoisotopic (exact) mass is 478 g/mol. The molecular weight excluding hydrogens is 455 g/mol. The number of rotatable bonds is 7. The Balaban J connectivity index is 2.03. The lowest BCUT2D eigenvalue weighted by Gasteiger charge is -2.14. The van der Waals surface area contributed by atoms with E-state index in [2.05, 4.69) is 4.72 Å². The molecule has 3 aromatic rings. The van der Waals surface area contributed by atoms with Crippen LogP contribution in [0.1, 0.15) is 16.7 Å². The number of carbonyl (C=O) groups is 1. The lowest BCUT2D eigenvalue weighted by atomic mass is 9.98. The molecule has 1 heterocycles.